The molecule has 4 rings (SSSR count). The van der Waals surface area contributed by atoms with Gasteiger partial charge in [-0.1, -0.05) is 84.0 Å². The molecule has 0 unspecified atom stereocenters. The highest BCUT2D eigenvalue weighted by Gasteiger charge is 2.12. The Morgan fingerprint density at radius 2 is 1.70 bits per heavy atom. The molecule has 3 aromatic carbocycles. The van der Waals surface area contributed by atoms with E-state index in [4.69, 9.17) is 20.8 Å². The summed E-state index contributed by atoms with van der Waals surface area (Å²) in [6.07, 6.45) is 0. The summed E-state index contributed by atoms with van der Waals surface area (Å²) in [5.41, 5.74) is 2.83. The molecule has 30 heavy (non-hydrogen) atoms. The summed E-state index contributed by atoms with van der Waals surface area (Å²) < 4.78 is 11.1. The molecule has 0 N–H and O–H groups in total. The number of halogens is 1. The van der Waals surface area contributed by atoms with E-state index in [2.05, 4.69) is 10.2 Å². The van der Waals surface area contributed by atoms with Gasteiger partial charge in [0.25, 0.3) is 11.1 Å². The first kappa shape index (κ1) is 20.2. The van der Waals surface area contributed by atoms with Crippen LogP contribution in [0.5, 0.6) is 5.75 Å². The van der Waals surface area contributed by atoms with Gasteiger partial charge in [0, 0.05) is 10.6 Å². The summed E-state index contributed by atoms with van der Waals surface area (Å²) in [4.78, 5) is 12.5. The average molecular weight is 437 g/mol. The van der Waals surface area contributed by atoms with Crippen molar-refractivity contribution in [1.82, 2.24) is 10.2 Å². The molecule has 0 amide bonds. The maximum Gasteiger partial charge on any atom is 0.277 e. The number of hydrogen-bond acceptors (Lipinski definition) is 6. The Morgan fingerprint density at radius 1 is 0.933 bits per heavy atom. The molecule has 0 saturated heterocycles. The summed E-state index contributed by atoms with van der Waals surface area (Å²) in [6, 6.07) is 24.7. The molecule has 0 atom stereocenters. The molecule has 5 nitrogen and oxygen atoms in total. The summed E-state index contributed by atoms with van der Waals surface area (Å²) in [7, 11) is 0. The number of Topliss-reactive ketones (excluding diaryl/α,β-unsaturated/α-hetero) is 1. The number of ketones is 1. The fourth-order valence-corrected chi connectivity index (χ4v) is 3.60. The van der Waals surface area contributed by atoms with Crippen molar-refractivity contribution >= 4 is 29.1 Å². The van der Waals surface area contributed by atoms with Gasteiger partial charge in [-0.2, -0.15) is 0 Å². The van der Waals surface area contributed by atoms with Gasteiger partial charge >= 0.3 is 0 Å². The number of hydrogen-bond donors (Lipinski definition) is 0. The van der Waals surface area contributed by atoms with Gasteiger partial charge in [0.1, 0.15) is 5.75 Å². The summed E-state index contributed by atoms with van der Waals surface area (Å²) in [6.45, 7) is 0.128. The smallest absolute Gasteiger partial charge is 0.277 e. The molecular weight excluding hydrogens is 420 g/mol. The molecule has 1 heterocycles. The topological polar surface area (TPSA) is 65.2 Å². The van der Waals surface area contributed by atoms with Gasteiger partial charge in [0.2, 0.25) is 0 Å². The first-order valence-electron chi connectivity index (χ1n) is 9.19. The van der Waals surface area contributed by atoms with Gasteiger partial charge in [-0.25, -0.2) is 0 Å². The lowest BCUT2D eigenvalue weighted by molar-refractivity contribution is 0.102. The van der Waals surface area contributed by atoms with Crippen LogP contribution >= 0.6 is 23.4 Å². The van der Waals surface area contributed by atoms with Crippen molar-refractivity contribution in [2.75, 3.05) is 5.75 Å². The lowest BCUT2D eigenvalue weighted by Gasteiger charge is -2.04. The molecule has 1 aromatic heterocycles. The molecule has 7 heteroatoms. The van der Waals surface area contributed by atoms with Crippen LogP contribution in [0.25, 0.3) is 11.1 Å². The molecule has 0 fully saturated rings. The second-order valence-corrected chi connectivity index (χ2v) is 7.73. The van der Waals surface area contributed by atoms with Crippen LogP contribution in [0.1, 0.15) is 16.2 Å². The zero-order valence-electron chi connectivity index (χ0n) is 15.8. The van der Waals surface area contributed by atoms with Crippen LogP contribution < -0.4 is 4.74 Å². The molecule has 150 valence electrons. The third-order valence-electron chi connectivity index (χ3n) is 4.25. The van der Waals surface area contributed by atoms with Gasteiger partial charge in [0.15, 0.2) is 12.4 Å². The maximum absolute atomic E-state index is 12.5. The number of rotatable bonds is 8. The molecule has 0 aliphatic carbocycles. The predicted octanol–water partition coefficient (Wildman–Crippen LogP) is 5.94. The summed E-state index contributed by atoms with van der Waals surface area (Å²) >= 11 is 7.13. The number of ether oxygens (including phenoxy) is 1. The van der Waals surface area contributed by atoms with Gasteiger partial charge in [-0.3, -0.25) is 4.79 Å². The molecule has 0 bridgehead atoms. The van der Waals surface area contributed by atoms with Crippen LogP contribution in [0.4, 0.5) is 0 Å². The van der Waals surface area contributed by atoms with E-state index in [0.29, 0.717) is 27.4 Å². The minimum absolute atomic E-state index is 0.00506. The van der Waals surface area contributed by atoms with Gasteiger partial charge in [-0.05, 0) is 29.3 Å². The van der Waals surface area contributed by atoms with Crippen molar-refractivity contribution in [2.24, 2.45) is 0 Å². The van der Waals surface area contributed by atoms with Crippen molar-refractivity contribution < 1.29 is 13.9 Å². The highest BCUT2D eigenvalue weighted by Crippen LogP contribution is 2.22. The zero-order valence-corrected chi connectivity index (χ0v) is 17.4. The normalized spacial score (nSPS) is 10.7. The van der Waals surface area contributed by atoms with E-state index in [0.717, 1.165) is 11.1 Å². The Morgan fingerprint density at radius 3 is 2.47 bits per heavy atom. The highest BCUT2D eigenvalue weighted by molar-refractivity contribution is 7.99. The quantitative estimate of drug-likeness (QED) is 0.251. The minimum atomic E-state index is -0.00506. The van der Waals surface area contributed by atoms with E-state index in [1.165, 1.54) is 11.8 Å². The number of carbonyl (C=O) groups excluding carboxylic acids is 1. The third-order valence-corrected chi connectivity index (χ3v) is 5.30. The Balaban J connectivity index is 1.30. The SMILES string of the molecule is O=C(CSc1nnc(COc2cccc(Cl)c2)o1)c1ccc(-c2ccccc2)cc1. The van der Waals surface area contributed by atoms with Crippen LogP contribution in [-0.2, 0) is 6.61 Å². The first-order chi connectivity index (χ1) is 14.7. The highest BCUT2D eigenvalue weighted by atomic mass is 35.5. The van der Waals surface area contributed by atoms with Crippen LogP contribution in [0, 0.1) is 0 Å². The molecule has 0 spiro atoms. The Labute approximate surface area is 183 Å². The number of nitrogens with zero attached hydrogens (tertiary/aromatic N) is 2. The molecule has 0 saturated carbocycles. The minimum Gasteiger partial charge on any atom is -0.484 e. The second-order valence-electron chi connectivity index (χ2n) is 6.36. The summed E-state index contributed by atoms with van der Waals surface area (Å²) in [5.74, 6) is 1.15. The molecule has 0 aliphatic heterocycles. The largest absolute Gasteiger partial charge is 0.484 e. The van der Waals surface area contributed by atoms with Crippen molar-refractivity contribution in [3.8, 4) is 16.9 Å². The lowest BCUT2D eigenvalue weighted by Crippen LogP contribution is -2.02. The summed E-state index contributed by atoms with van der Waals surface area (Å²) in [5, 5.41) is 8.81. The second kappa shape index (κ2) is 9.61. The lowest BCUT2D eigenvalue weighted by atomic mass is 10.0. The van der Waals surface area contributed by atoms with E-state index >= 15 is 0 Å². The van der Waals surface area contributed by atoms with E-state index in [1.807, 2.05) is 54.6 Å². The number of thioether (sulfide) groups is 1. The van der Waals surface area contributed by atoms with E-state index < -0.39 is 0 Å². The zero-order chi connectivity index (χ0) is 20.8. The van der Waals surface area contributed by atoms with Crippen LogP contribution in [0.3, 0.4) is 0 Å². The van der Waals surface area contributed by atoms with Crippen LogP contribution in [0.2, 0.25) is 5.02 Å². The molecule has 0 aliphatic rings. The Bertz CT molecular complexity index is 1130. The standard InChI is InChI=1S/C23H17ClN2O3S/c24-19-7-4-8-20(13-19)28-14-22-25-26-23(29-22)30-15-21(27)18-11-9-17(10-12-18)16-5-2-1-3-6-16/h1-13H,14-15H2. The van der Waals surface area contributed by atoms with Crippen molar-refractivity contribution in [2.45, 2.75) is 11.8 Å². The molecule has 0 radical (unpaired) electrons. The van der Waals surface area contributed by atoms with Crippen molar-refractivity contribution in [3.63, 3.8) is 0 Å². The maximum atomic E-state index is 12.5. The first-order valence-corrected chi connectivity index (χ1v) is 10.6. The number of carbonyl (C=O) groups is 1. The van der Waals surface area contributed by atoms with E-state index in [9.17, 15) is 4.79 Å². The third kappa shape index (κ3) is 5.28. The van der Waals surface area contributed by atoms with Crippen molar-refractivity contribution in [3.05, 3.63) is 95.3 Å². The molecule has 4 aromatic rings. The number of benzene rings is 3. The monoisotopic (exact) mass is 436 g/mol. The fourth-order valence-electron chi connectivity index (χ4n) is 2.75. The van der Waals surface area contributed by atoms with Gasteiger partial charge in [0.05, 0.1) is 5.75 Å². The van der Waals surface area contributed by atoms with Gasteiger partial charge in [-0.15, -0.1) is 10.2 Å². The van der Waals surface area contributed by atoms with Gasteiger partial charge < -0.3 is 9.15 Å². The number of aromatic nitrogens is 2. The average Bonchev–Trinajstić information content (AvgIpc) is 3.25. The Hall–Kier alpha value is -3.09. The molecular formula is C23H17ClN2O3S. The predicted molar refractivity (Wildman–Crippen MR) is 117 cm³/mol. The van der Waals surface area contributed by atoms with Crippen LogP contribution in [-0.4, -0.2) is 21.7 Å². The Kier molecular flexibility index (Phi) is 6.47. The van der Waals surface area contributed by atoms with E-state index in [1.54, 1.807) is 24.3 Å². The van der Waals surface area contributed by atoms with Crippen LogP contribution in [0.15, 0.2) is 88.5 Å². The van der Waals surface area contributed by atoms with Crippen molar-refractivity contribution in [1.29, 1.82) is 0 Å². The fraction of sp³-hybridized carbons (Fsp3) is 0.0870. The van der Waals surface area contributed by atoms with E-state index in [-0.39, 0.29) is 18.1 Å².